The smallest absolute Gasteiger partial charge is 0.178 e. The van der Waals surface area contributed by atoms with Gasteiger partial charge in [0.1, 0.15) is 0 Å². The molecular formula is C90H176O10. The largest absolute Gasteiger partial charge is 0.393 e. The molecule has 0 aliphatic rings. The van der Waals surface area contributed by atoms with Gasteiger partial charge >= 0.3 is 0 Å². The van der Waals surface area contributed by atoms with Gasteiger partial charge in [0.2, 0.25) is 0 Å². The molecule has 0 bridgehead atoms. The van der Waals surface area contributed by atoms with Crippen molar-refractivity contribution in [2.45, 2.75) is 539 Å². The van der Waals surface area contributed by atoms with E-state index < -0.39 is 59.8 Å². The molecule has 0 spiro atoms. The minimum atomic E-state index is -2.38. The fraction of sp³-hybridized carbons (Fsp3) is 0.956. The van der Waals surface area contributed by atoms with Gasteiger partial charge in [-0.25, -0.2) is 0 Å². The maximum atomic E-state index is 12.8. The van der Waals surface area contributed by atoms with Crippen molar-refractivity contribution in [3.63, 3.8) is 0 Å². The number of hydrogen-bond acceptors (Lipinski definition) is 10. The molecule has 4 unspecified atom stereocenters. The van der Waals surface area contributed by atoms with Crippen LogP contribution in [0.4, 0.5) is 0 Å². The lowest BCUT2D eigenvalue weighted by Gasteiger charge is -2.29. The van der Waals surface area contributed by atoms with Gasteiger partial charge in [0.25, 0.3) is 0 Å². The highest BCUT2D eigenvalue weighted by Crippen LogP contribution is 2.25. The second-order valence-corrected chi connectivity index (χ2v) is 31.8. The van der Waals surface area contributed by atoms with E-state index in [1.807, 2.05) is 0 Å². The van der Waals surface area contributed by atoms with E-state index in [1.165, 1.54) is 360 Å². The molecule has 0 aromatic rings. The average molecular weight is 1420 g/mol. The molecule has 0 aliphatic carbocycles. The van der Waals surface area contributed by atoms with Gasteiger partial charge in [-0.2, -0.15) is 0 Å². The molecule has 10 heteroatoms. The SMILES string of the molecule is CCCCCCCCCCCCCCCCCCCC(=O)C(O)C(O)(CO)C(=O)CCCCCCCCCCCCCCCCCCC.CCCCCCCCCCCCCCCCCCCCCC(=O)C(O)C(O)(CO)C(=O)CCCCCCCCCCCCCCCCCCCCC. The first-order valence-electron chi connectivity index (χ1n) is 45.0. The lowest BCUT2D eigenvalue weighted by molar-refractivity contribution is -0.165. The Morgan fingerprint density at radius 1 is 0.200 bits per heavy atom. The first kappa shape index (κ1) is 100. The fourth-order valence-electron chi connectivity index (χ4n) is 14.7. The molecule has 100 heavy (non-hydrogen) atoms. The number of Topliss-reactive ketones (excluding diaryl/α,β-unsaturated/α-hetero) is 4. The number of hydrogen-bond donors (Lipinski definition) is 6. The second-order valence-electron chi connectivity index (χ2n) is 31.8. The van der Waals surface area contributed by atoms with Crippen LogP contribution < -0.4 is 0 Å². The zero-order valence-electron chi connectivity index (χ0n) is 67.6. The van der Waals surface area contributed by atoms with Gasteiger partial charge < -0.3 is 30.6 Å². The summed E-state index contributed by atoms with van der Waals surface area (Å²) >= 11 is 0. The zero-order chi connectivity index (χ0) is 73.6. The summed E-state index contributed by atoms with van der Waals surface area (Å²) in [4.78, 5) is 50.7. The van der Waals surface area contributed by atoms with Crippen LogP contribution in [0.5, 0.6) is 0 Å². The first-order chi connectivity index (χ1) is 48.9. The van der Waals surface area contributed by atoms with Gasteiger partial charge in [0, 0.05) is 25.7 Å². The monoisotopic (exact) mass is 1420 g/mol. The minimum Gasteiger partial charge on any atom is -0.393 e. The van der Waals surface area contributed by atoms with Crippen LogP contribution in [0.1, 0.15) is 516 Å². The Bertz CT molecular complexity index is 1690. The maximum absolute atomic E-state index is 12.8. The van der Waals surface area contributed by atoms with Crippen molar-refractivity contribution >= 4 is 23.1 Å². The summed E-state index contributed by atoms with van der Waals surface area (Å²) in [6.07, 6.45) is 87.9. The Hall–Kier alpha value is -1.56. The van der Waals surface area contributed by atoms with Crippen LogP contribution in [0.3, 0.4) is 0 Å². The summed E-state index contributed by atoms with van der Waals surface area (Å²) in [5.74, 6) is -2.31. The van der Waals surface area contributed by atoms with E-state index in [0.717, 1.165) is 77.0 Å². The third kappa shape index (κ3) is 64.8. The highest BCUT2D eigenvalue weighted by molar-refractivity contribution is 5.97. The van der Waals surface area contributed by atoms with E-state index >= 15 is 0 Å². The van der Waals surface area contributed by atoms with E-state index in [4.69, 9.17) is 0 Å². The van der Waals surface area contributed by atoms with Crippen molar-refractivity contribution < 1.29 is 49.8 Å². The number of unbranched alkanes of at least 4 members (excludes halogenated alkanes) is 68. The Kier molecular flexibility index (Phi) is 80.4. The quantitative estimate of drug-likeness (QED) is 0.0320. The predicted molar refractivity (Wildman–Crippen MR) is 430 cm³/mol. The van der Waals surface area contributed by atoms with E-state index in [0.29, 0.717) is 25.7 Å². The molecule has 0 fully saturated rings. The van der Waals surface area contributed by atoms with Crippen LogP contribution in [0.15, 0.2) is 0 Å². The van der Waals surface area contributed by atoms with Gasteiger partial charge in [0.05, 0.1) is 13.2 Å². The van der Waals surface area contributed by atoms with Crippen LogP contribution in [-0.2, 0) is 19.2 Å². The molecule has 0 radical (unpaired) electrons. The predicted octanol–water partition coefficient (Wildman–Crippen LogP) is 26.1. The van der Waals surface area contributed by atoms with E-state index in [-0.39, 0.29) is 25.7 Å². The van der Waals surface area contributed by atoms with E-state index in [2.05, 4.69) is 27.7 Å². The number of ketones is 4. The van der Waals surface area contributed by atoms with Crippen molar-refractivity contribution in [1.82, 2.24) is 0 Å². The Morgan fingerprint density at radius 2 is 0.310 bits per heavy atom. The molecule has 0 saturated heterocycles. The molecule has 4 atom stereocenters. The summed E-state index contributed by atoms with van der Waals surface area (Å²) in [6.45, 7) is 7.25. The van der Waals surface area contributed by atoms with Gasteiger partial charge in [-0.1, -0.05) is 464 Å². The van der Waals surface area contributed by atoms with Crippen LogP contribution in [0, 0.1) is 0 Å². The molecule has 0 heterocycles. The van der Waals surface area contributed by atoms with Crippen LogP contribution in [0.2, 0.25) is 0 Å². The Labute approximate surface area is 622 Å². The molecular weight excluding hydrogens is 1240 g/mol. The van der Waals surface area contributed by atoms with Gasteiger partial charge in [-0.3, -0.25) is 19.2 Å². The summed E-state index contributed by atoms with van der Waals surface area (Å²) in [5, 5.41) is 62.1. The molecule has 10 nitrogen and oxygen atoms in total. The summed E-state index contributed by atoms with van der Waals surface area (Å²) < 4.78 is 0. The fourth-order valence-corrected chi connectivity index (χ4v) is 14.7. The number of carbonyl (C=O) groups excluding carboxylic acids is 4. The molecule has 0 aromatic carbocycles. The van der Waals surface area contributed by atoms with Crippen molar-refractivity contribution in [2.24, 2.45) is 0 Å². The topological polar surface area (TPSA) is 190 Å². The first-order valence-corrected chi connectivity index (χ1v) is 45.0. The van der Waals surface area contributed by atoms with Crippen molar-refractivity contribution in [3.05, 3.63) is 0 Å². The minimum absolute atomic E-state index is 0.0825. The third-order valence-corrected chi connectivity index (χ3v) is 22.0. The standard InChI is InChI=1S/C47H92O5.C43H84O5/c1-3-5-7-9-11-13-15-17-19-21-23-25-27-29-31-33-35-37-39-41-44(49)46(51)47(52,43-48)45(50)42-40-38-36-34-32-30-28-26-24-22-20-18-16-14-12-10-8-6-4-2;1-3-5-7-9-11-13-15-17-19-21-23-25-27-29-31-33-35-37-40(45)42(47)43(48,39-44)41(46)38-36-34-32-30-28-26-24-22-20-18-16-14-12-10-8-6-4-2/h46,48,51-52H,3-43H2,1-2H3;42,44,47-48H,3-39H2,1-2H3. The molecule has 0 amide bonds. The average Bonchev–Trinajstić information content (AvgIpc) is 0.831. The van der Waals surface area contributed by atoms with E-state index in [1.54, 1.807) is 0 Å². The van der Waals surface area contributed by atoms with Crippen molar-refractivity contribution in [2.75, 3.05) is 13.2 Å². The molecule has 596 valence electrons. The number of carbonyl (C=O) groups is 4. The van der Waals surface area contributed by atoms with Crippen molar-refractivity contribution in [1.29, 1.82) is 0 Å². The highest BCUT2D eigenvalue weighted by atomic mass is 16.4. The van der Waals surface area contributed by atoms with Crippen molar-refractivity contribution in [3.8, 4) is 0 Å². The number of rotatable bonds is 84. The molecule has 0 aliphatic heterocycles. The summed E-state index contributed by atoms with van der Waals surface area (Å²) in [5.41, 5.74) is -4.75. The van der Waals surface area contributed by atoms with Crippen LogP contribution in [0.25, 0.3) is 0 Å². The Morgan fingerprint density at radius 3 is 0.430 bits per heavy atom. The molecule has 6 N–H and O–H groups in total. The Balaban J connectivity index is 0. The molecule has 0 rings (SSSR count). The lowest BCUT2D eigenvalue weighted by atomic mass is 9.85. The van der Waals surface area contributed by atoms with Crippen LogP contribution >= 0.6 is 0 Å². The lowest BCUT2D eigenvalue weighted by Crippen LogP contribution is -2.55. The maximum Gasteiger partial charge on any atom is 0.178 e. The summed E-state index contributed by atoms with van der Waals surface area (Å²) in [6, 6.07) is 0. The second kappa shape index (κ2) is 80.0. The van der Waals surface area contributed by atoms with Gasteiger partial charge in [0.15, 0.2) is 46.5 Å². The summed E-state index contributed by atoms with van der Waals surface area (Å²) in [7, 11) is 0. The van der Waals surface area contributed by atoms with Gasteiger partial charge in [-0.05, 0) is 25.7 Å². The third-order valence-electron chi connectivity index (χ3n) is 22.0. The molecule has 0 aromatic heterocycles. The number of aliphatic hydroxyl groups is 6. The normalized spacial score (nSPS) is 13.5. The van der Waals surface area contributed by atoms with Gasteiger partial charge in [-0.15, -0.1) is 0 Å². The molecule has 0 saturated carbocycles. The zero-order valence-corrected chi connectivity index (χ0v) is 67.6. The number of aliphatic hydroxyl groups excluding tert-OH is 4. The van der Waals surface area contributed by atoms with Crippen LogP contribution in [-0.4, -0.2) is 90.4 Å². The van der Waals surface area contributed by atoms with E-state index in [9.17, 15) is 49.8 Å². The highest BCUT2D eigenvalue weighted by Gasteiger charge is 2.46.